The van der Waals surface area contributed by atoms with Gasteiger partial charge in [0.15, 0.2) is 11.5 Å². The predicted octanol–water partition coefficient (Wildman–Crippen LogP) is 1.86. The second kappa shape index (κ2) is 7.90. The van der Waals surface area contributed by atoms with E-state index in [4.69, 9.17) is 9.47 Å². The van der Waals surface area contributed by atoms with Crippen molar-refractivity contribution < 1.29 is 19.1 Å². The lowest BCUT2D eigenvalue weighted by Crippen LogP contribution is -2.59. The first-order valence-electron chi connectivity index (χ1n) is 8.11. The molecule has 1 fully saturated rings. The maximum atomic E-state index is 12.7. The summed E-state index contributed by atoms with van der Waals surface area (Å²) in [5.41, 5.74) is 0.734. The zero-order valence-corrected chi connectivity index (χ0v) is 14.7. The molecule has 1 unspecified atom stereocenters. The molecule has 0 aliphatic carbocycles. The van der Waals surface area contributed by atoms with Crippen molar-refractivity contribution in [2.24, 2.45) is 0 Å². The molecule has 0 bridgehead atoms. The van der Waals surface area contributed by atoms with Crippen LogP contribution in [-0.4, -0.2) is 56.7 Å². The van der Waals surface area contributed by atoms with Crippen molar-refractivity contribution >= 4 is 17.6 Å². The Morgan fingerprint density at radius 3 is 2.58 bits per heavy atom. The Morgan fingerprint density at radius 1 is 1.25 bits per heavy atom. The van der Waals surface area contributed by atoms with Crippen LogP contribution >= 0.6 is 0 Å². The van der Waals surface area contributed by atoms with Crippen LogP contribution in [-0.2, 0) is 4.79 Å². The minimum atomic E-state index is -0.510. The van der Waals surface area contributed by atoms with E-state index in [1.54, 1.807) is 43.1 Å². The van der Waals surface area contributed by atoms with Gasteiger partial charge in [0.1, 0.15) is 6.04 Å². The van der Waals surface area contributed by atoms with E-state index in [9.17, 15) is 9.59 Å². The molecule has 1 aliphatic rings. The number of hydrogen-bond donors (Lipinski definition) is 1. The third-order valence-corrected chi connectivity index (χ3v) is 4.12. The maximum Gasteiger partial charge on any atom is 0.318 e. The molecule has 7 nitrogen and oxygen atoms in total. The molecule has 0 spiro atoms. The number of piperazine rings is 1. The molecule has 1 heterocycles. The quantitative estimate of drug-likeness (QED) is 0.891. The SMILES string of the molecule is CCCNC(=O)N1CCN(c2ccc(OC)c(OC)c2)C(=O)C1C. The number of methoxy groups -OCH3 is 2. The van der Waals surface area contributed by atoms with Crippen LogP contribution in [0.25, 0.3) is 0 Å². The summed E-state index contributed by atoms with van der Waals surface area (Å²) in [7, 11) is 3.13. The highest BCUT2D eigenvalue weighted by Crippen LogP contribution is 2.32. The second-order valence-electron chi connectivity index (χ2n) is 5.63. The average Bonchev–Trinajstić information content (AvgIpc) is 2.61. The van der Waals surface area contributed by atoms with Crippen LogP contribution in [0.4, 0.5) is 10.5 Å². The fourth-order valence-corrected chi connectivity index (χ4v) is 2.73. The normalized spacial score (nSPS) is 17.7. The Hall–Kier alpha value is -2.44. The first kappa shape index (κ1) is 17.9. The highest BCUT2D eigenvalue weighted by atomic mass is 16.5. The van der Waals surface area contributed by atoms with Crippen molar-refractivity contribution in [1.82, 2.24) is 10.2 Å². The molecule has 7 heteroatoms. The zero-order valence-electron chi connectivity index (χ0n) is 14.7. The summed E-state index contributed by atoms with van der Waals surface area (Å²) in [6.07, 6.45) is 0.861. The third-order valence-electron chi connectivity index (χ3n) is 4.12. The van der Waals surface area contributed by atoms with Crippen molar-refractivity contribution in [1.29, 1.82) is 0 Å². The van der Waals surface area contributed by atoms with Crippen LogP contribution in [0, 0.1) is 0 Å². The number of ether oxygens (including phenoxy) is 2. The molecular formula is C17H25N3O4. The van der Waals surface area contributed by atoms with Gasteiger partial charge < -0.3 is 24.6 Å². The number of nitrogens with one attached hydrogen (secondary N) is 1. The number of rotatable bonds is 5. The molecule has 1 saturated heterocycles. The van der Waals surface area contributed by atoms with E-state index in [2.05, 4.69) is 5.32 Å². The van der Waals surface area contributed by atoms with Crippen molar-refractivity contribution in [3.63, 3.8) is 0 Å². The molecule has 0 saturated carbocycles. The summed E-state index contributed by atoms with van der Waals surface area (Å²) in [6, 6.07) is 4.66. The van der Waals surface area contributed by atoms with Crippen LogP contribution in [0.3, 0.4) is 0 Å². The van der Waals surface area contributed by atoms with Crippen LogP contribution in [0.5, 0.6) is 11.5 Å². The lowest BCUT2D eigenvalue weighted by Gasteiger charge is -2.39. The van der Waals surface area contributed by atoms with Gasteiger partial charge in [0.05, 0.1) is 14.2 Å². The number of carbonyl (C=O) groups is 2. The molecular weight excluding hydrogens is 310 g/mol. The van der Waals surface area contributed by atoms with E-state index in [-0.39, 0.29) is 11.9 Å². The summed E-state index contributed by atoms with van der Waals surface area (Å²) in [6.45, 7) is 5.27. The predicted molar refractivity (Wildman–Crippen MR) is 91.8 cm³/mol. The Bertz CT molecular complexity index is 605. The summed E-state index contributed by atoms with van der Waals surface area (Å²) in [4.78, 5) is 28.1. The molecule has 1 aliphatic heterocycles. The molecule has 1 aromatic rings. The molecule has 24 heavy (non-hydrogen) atoms. The number of nitrogens with zero attached hydrogens (tertiary/aromatic N) is 2. The van der Waals surface area contributed by atoms with Crippen LogP contribution in [0.15, 0.2) is 18.2 Å². The molecule has 0 aromatic heterocycles. The van der Waals surface area contributed by atoms with Gasteiger partial charge in [-0.2, -0.15) is 0 Å². The van der Waals surface area contributed by atoms with E-state index in [0.29, 0.717) is 31.1 Å². The number of carbonyl (C=O) groups excluding carboxylic acids is 2. The van der Waals surface area contributed by atoms with E-state index >= 15 is 0 Å². The van der Waals surface area contributed by atoms with Gasteiger partial charge in [-0.25, -0.2) is 4.79 Å². The molecule has 1 atom stereocenters. The molecule has 2 rings (SSSR count). The highest BCUT2D eigenvalue weighted by Gasteiger charge is 2.35. The molecule has 1 N–H and O–H groups in total. The summed E-state index contributed by atoms with van der Waals surface area (Å²) < 4.78 is 10.5. The van der Waals surface area contributed by atoms with Crippen molar-refractivity contribution in [2.45, 2.75) is 26.3 Å². The first-order valence-corrected chi connectivity index (χ1v) is 8.11. The van der Waals surface area contributed by atoms with Crippen molar-refractivity contribution in [3.05, 3.63) is 18.2 Å². The largest absolute Gasteiger partial charge is 0.493 e. The second-order valence-corrected chi connectivity index (χ2v) is 5.63. The number of urea groups is 1. The van der Waals surface area contributed by atoms with E-state index in [1.165, 1.54) is 0 Å². The average molecular weight is 335 g/mol. The molecule has 0 radical (unpaired) electrons. The Balaban J connectivity index is 2.15. The zero-order chi connectivity index (χ0) is 17.7. The van der Waals surface area contributed by atoms with Gasteiger partial charge in [0, 0.05) is 31.4 Å². The van der Waals surface area contributed by atoms with Gasteiger partial charge >= 0.3 is 6.03 Å². The lowest BCUT2D eigenvalue weighted by molar-refractivity contribution is -0.124. The number of anilines is 1. The molecule has 3 amide bonds. The van der Waals surface area contributed by atoms with E-state index in [0.717, 1.165) is 12.1 Å². The van der Waals surface area contributed by atoms with Crippen LogP contribution in [0.2, 0.25) is 0 Å². The number of hydrogen-bond acceptors (Lipinski definition) is 4. The monoisotopic (exact) mass is 335 g/mol. The van der Waals surface area contributed by atoms with E-state index in [1.807, 2.05) is 13.0 Å². The molecule has 1 aromatic carbocycles. The lowest BCUT2D eigenvalue weighted by atomic mass is 10.1. The van der Waals surface area contributed by atoms with Gasteiger partial charge in [-0.15, -0.1) is 0 Å². The summed E-state index contributed by atoms with van der Waals surface area (Å²) >= 11 is 0. The summed E-state index contributed by atoms with van der Waals surface area (Å²) in [5, 5.41) is 2.82. The third kappa shape index (κ3) is 3.55. The van der Waals surface area contributed by atoms with Gasteiger partial charge in [-0.3, -0.25) is 4.79 Å². The van der Waals surface area contributed by atoms with Gasteiger partial charge in [0.2, 0.25) is 5.91 Å². The topological polar surface area (TPSA) is 71.1 Å². The number of amides is 3. The Morgan fingerprint density at radius 2 is 1.96 bits per heavy atom. The van der Waals surface area contributed by atoms with E-state index < -0.39 is 6.04 Å². The standard InChI is InChI=1S/C17H25N3O4/c1-5-8-18-17(22)19-9-10-20(16(21)12(19)2)13-6-7-14(23-3)15(11-13)24-4/h6-7,11-12H,5,8-10H2,1-4H3,(H,18,22). The smallest absolute Gasteiger partial charge is 0.318 e. The van der Waals surface area contributed by atoms with Gasteiger partial charge in [0.25, 0.3) is 0 Å². The van der Waals surface area contributed by atoms with Crippen LogP contribution < -0.4 is 19.7 Å². The van der Waals surface area contributed by atoms with Crippen molar-refractivity contribution in [2.75, 3.05) is 38.8 Å². The highest BCUT2D eigenvalue weighted by molar-refractivity contribution is 6.00. The fourth-order valence-electron chi connectivity index (χ4n) is 2.73. The van der Waals surface area contributed by atoms with Gasteiger partial charge in [-0.05, 0) is 25.5 Å². The Labute approximate surface area is 142 Å². The first-order chi connectivity index (χ1) is 11.5. The summed E-state index contributed by atoms with van der Waals surface area (Å²) in [5.74, 6) is 1.07. The Kier molecular flexibility index (Phi) is 5.89. The minimum absolute atomic E-state index is 0.111. The minimum Gasteiger partial charge on any atom is -0.493 e. The van der Waals surface area contributed by atoms with Crippen LogP contribution in [0.1, 0.15) is 20.3 Å². The van der Waals surface area contributed by atoms with Gasteiger partial charge in [-0.1, -0.05) is 6.92 Å². The number of benzene rings is 1. The maximum absolute atomic E-state index is 12.7. The fraction of sp³-hybridized carbons (Fsp3) is 0.529. The molecule has 132 valence electrons. The van der Waals surface area contributed by atoms with Crippen molar-refractivity contribution in [3.8, 4) is 11.5 Å².